The molecule has 1 heterocycles. The molecule has 16 heavy (non-hydrogen) atoms. The second kappa shape index (κ2) is 7.63. The Bertz CT molecular complexity index is 287. The van der Waals surface area contributed by atoms with Gasteiger partial charge in [0.05, 0.1) is 6.54 Å². The molecule has 5 heteroatoms. The minimum absolute atomic E-state index is 0.477. The minimum atomic E-state index is 0.477. The monoisotopic (exact) mass is 244 g/mol. The summed E-state index contributed by atoms with van der Waals surface area (Å²) in [6.45, 7) is 6.03. The molecule has 0 saturated carbocycles. The van der Waals surface area contributed by atoms with E-state index < -0.39 is 0 Å². The average Bonchev–Trinajstić information content (AvgIpc) is 2.72. The second-order valence-corrected chi connectivity index (χ2v) is 4.39. The first-order valence-corrected chi connectivity index (χ1v) is 6.47. The van der Waals surface area contributed by atoms with E-state index in [4.69, 9.17) is 11.6 Å². The van der Waals surface area contributed by atoms with Crippen molar-refractivity contribution in [2.45, 2.75) is 52.2 Å². The molecule has 0 aliphatic heterocycles. The lowest BCUT2D eigenvalue weighted by molar-refractivity contribution is 0.477. The number of hydrogen-bond acceptors (Lipinski definition) is 3. The van der Waals surface area contributed by atoms with Crippen LogP contribution in [0.4, 0.5) is 0 Å². The molecule has 0 radical (unpaired) electrons. The number of halogens is 1. The maximum atomic E-state index is 5.66. The van der Waals surface area contributed by atoms with Crippen molar-refractivity contribution in [2.24, 2.45) is 0 Å². The summed E-state index contributed by atoms with van der Waals surface area (Å²) in [6.07, 6.45) is 4.86. The Kier molecular flexibility index (Phi) is 6.42. The van der Waals surface area contributed by atoms with Crippen LogP contribution in [-0.4, -0.2) is 26.7 Å². The van der Waals surface area contributed by atoms with Crippen LogP contribution in [0.3, 0.4) is 0 Å². The Hall–Kier alpha value is -0.610. The van der Waals surface area contributed by atoms with Gasteiger partial charge in [-0.2, -0.15) is 5.10 Å². The lowest BCUT2D eigenvalue weighted by atomic mass is 10.2. The highest BCUT2D eigenvalue weighted by Crippen LogP contribution is 2.01. The van der Waals surface area contributed by atoms with Crippen molar-refractivity contribution in [1.29, 1.82) is 0 Å². The van der Waals surface area contributed by atoms with Crippen LogP contribution in [0.1, 0.15) is 38.9 Å². The number of aryl methyl sites for hydroxylation is 1. The first kappa shape index (κ1) is 13.5. The van der Waals surface area contributed by atoms with Gasteiger partial charge in [0, 0.05) is 18.5 Å². The smallest absolute Gasteiger partial charge is 0.140 e. The Morgan fingerprint density at radius 3 is 3.06 bits per heavy atom. The normalized spacial score (nSPS) is 12.9. The summed E-state index contributed by atoms with van der Waals surface area (Å²) in [5.74, 6) is 1.75. The van der Waals surface area contributed by atoms with Gasteiger partial charge in [0.25, 0.3) is 0 Å². The summed E-state index contributed by atoms with van der Waals surface area (Å²) in [4.78, 5) is 4.25. The largest absolute Gasteiger partial charge is 0.307 e. The van der Waals surface area contributed by atoms with Gasteiger partial charge >= 0.3 is 0 Å². The Balaban J connectivity index is 2.32. The van der Waals surface area contributed by atoms with Crippen LogP contribution in [0.25, 0.3) is 0 Å². The summed E-state index contributed by atoms with van der Waals surface area (Å²) >= 11 is 5.66. The molecule has 1 aromatic rings. The third-order valence-corrected chi connectivity index (χ3v) is 2.78. The fraction of sp³-hybridized carbons (Fsp3) is 0.818. The van der Waals surface area contributed by atoms with Crippen LogP contribution in [-0.2, 0) is 13.1 Å². The number of alkyl halides is 1. The lowest BCUT2D eigenvalue weighted by Gasteiger charge is -2.12. The number of aromatic nitrogens is 3. The predicted molar refractivity (Wildman–Crippen MR) is 66.6 cm³/mol. The van der Waals surface area contributed by atoms with Gasteiger partial charge in [-0.05, 0) is 26.2 Å². The quantitative estimate of drug-likeness (QED) is 0.713. The second-order valence-electron chi connectivity index (χ2n) is 4.01. The van der Waals surface area contributed by atoms with E-state index in [2.05, 4.69) is 29.2 Å². The topological polar surface area (TPSA) is 42.7 Å². The molecule has 1 atom stereocenters. The summed E-state index contributed by atoms with van der Waals surface area (Å²) in [5.41, 5.74) is 0. The molecular formula is C11H21ClN4. The molecule has 0 fully saturated rings. The molecule has 1 N–H and O–H groups in total. The minimum Gasteiger partial charge on any atom is -0.307 e. The lowest BCUT2D eigenvalue weighted by Crippen LogP contribution is -2.27. The molecule has 0 saturated heterocycles. The van der Waals surface area contributed by atoms with Crippen molar-refractivity contribution in [3.05, 3.63) is 12.2 Å². The van der Waals surface area contributed by atoms with Crippen molar-refractivity contribution in [3.63, 3.8) is 0 Å². The highest BCUT2D eigenvalue weighted by atomic mass is 35.5. The van der Waals surface area contributed by atoms with Crippen molar-refractivity contribution in [3.8, 4) is 0 Å². The van der Waals surface area contributed by atoms with Crippen LogP contribution < -0.4 is 5.32 Å². The first-order valence-electron chi connectivity index (χ1n) is 5.94. The van der Waals surface area contributed by atoms with E-state index in [1.165, 1.54) is 0 Å². The highest BCUT2D eigenvalue weighted by Gasteiger charge is 2.05. The third-order valence-electron chi connectivity index (χ3n) is 2.51. The van der Waals surface area contributed by atoms with E-state index in [0.29, 0.717) is 6.04 Å². The molecule has 0 amide bonds. The van der Waals surface area contributed by atoms with Crippen LogP contribution in [0, 0.1) is 0 Å². The van der Waals surface area contributed by atoms with Gasteiger partial charge in [0.1, 0.15) is 12.2 Å². The van der Waals surface area contributed by atoms with Gasteiger partial charge < -0.3 is 5.32 Å². The van der Waals surface area contributed by atoms with Crippen molar-refractivity contribution in [1.82, 2.24) is 20.1 Å². The van der Waals surface area contributed by atoms with E-state index in [0.717, 1.165) is 44.1 Å². The zero-order valence-electron chi connectivity index (χ0n) is 10.1. The van der Waals surface area contributed by atoms with Crippen LogP contribution in [0.2, 0.25) is 0 Å². The zero-order valence-corrected chi connectivity index (χ0v) is 10.9. The molecule has 0 aliphatic carbocycles. The Labute approximate surface area is 102 Å². The molecule has 0 spiro atoms. The van der Waals surface area contributed by atoms with Gasteiger partial charge in [-0.25, -0.2) is 9.67 Å². The Morgan fingerprint density at radius 1 is 1.56 bits per heavy atom. The fourth-order valence-corrected chi connectivity index (χ4v) is 1.73. The molecule has 1 rings (SSSR count). The highest BCUT2D eigenvalue weighted by molar-refractivity contribution is 6.17. The van der Waals surface area contributed by atoms with Gasteiger partial charge in [-0.15, -0.1) is 11.6 Å². The van der Waals surface area contributed by atoms with Crippen LogP contribution in [0.5, 0.6) is 0 Å². The van der Waals surface area contributed by atoms with E-state index in [-0.39, 0.29) is 0 Å². The fourth-order valence-electron chi connectivity index (χ4n) is 1.57. The van der Waals surface area contributed by atoms with E-state index in [1.54, 1.807) is 6.33 Å². The van der Waals surface area contributed by atoms with E-state index in [9.17, 15) is 0 Å². The number of hydrogen-bond donors (Lipinski definition) is 1. The summed E-state index contributed by atoms with van der Waals surface area (Å²) < 4.78 is 1.96. The zero-order chi connectivity index (χ0) is 11.8. The summed E-state index contributed by atoms with van der Waals surface area (Å²) in [5, 5.41) is 7.63. The maximum absolute atomic E-state index is 5.66. The van der Waals surface area contributed by atoms with E-state index >= 15 is 0 Å². The SMILES string of the molecule is CCCn1ncnc1CNC(C)CCCCl. The number of nitrogens with zero attached hydrogens (tertiary/aromatic N) is 3. The van der Waals surface area contributed by atoms with E-state index in [1.807, 2.05) is 4.68 Å². The Morgan fingerprint density at radius 2 is 2.38 bits per heavy atom. The van der Waals surface area contributed by atoms with Crippen molar-refractivity contribution >= 4 is 11.6 Å². The maximum Gasteiger partial charge on any atom is 0.140 e. The van der Waals surface area contributed by atoms with Gasteiger partial charge in [0.15, 0.2) is 0 Å². The first-order chi connectivity index (χ1) is 7.77. The van der Waals surface area contributed by atoms with Gasteiger partial charge in [0.2, 0.25) is 0 Å². The molecular weight excluding hydrogens is 224 g/mol. The van der Waals surface area contributed by atoms with Crippen LogP contribution in [0.15, 0.2) is 6.33 Å². The number of nitrogens with one attached hydrogen (secondary N) is 1. The number of rotatable bonds is 8. The van der Waals surface area contributed by atoms with Crippen LogP contribution >= 0.6 is 11.6 Å². The van der Waals surface area contributed by atoms with Gasteiger partial charge in [-0.3, -0.25) is 0 Å². The molecule has 1 aromatic heterocycles. The van der Waals surface area contributed by atoms with Crippen molar-refractivity contribution < 1.29 is 0 Å². The molecule has 0 aromatic carbocycles. The molecule has 1 unspecified atom stereocenters. The molecule has 0 bridgehead atoms. The van der Waals surface area contributed by atoms with Crippen molar-refractivity contribution in [2.75, 3.05) is 5.88 Å². The molecule has 92 valence electrons. The molecule has 4 nitrogen and oxygen atoms in total. The molecule has 0 aliphatic rings. The predicted octanol–water partition coefficient (Wildman–Crippen LogP) is 2.19. The third kappa shape index (κ3) is 4.49. The standard InChI is InChI=1S/C11H21ClN4/c1-3-7-16-11(14-9-15-16)8-13-10(2)5-4-6-12/h9-10,13H,3-8H2,1-2H3. The average molecular weight is 245 g/mol. The van der Waals surface area contributed by atoms with Gasteiger partial charge in [-0.1, -0.05) is 6.92 Å². The summed E-state index contributed by atoms with van der Waals surface area (Å²) in [7, 11) is 0. The summed E-state index contributed by atoms with van der Waals surface area (Å²) in [6, 6.07) is 0.477.